The number of carbonyl (C=O) groups is 1. The molecule has 0 aliphatic rings. The topological polar surface area (TPSA) is 102 Å². The van der Waals surface area contributed by atoms with Gasteiger partial charge in [-0.1, -0.05) is 6.07 Å². The first-order valence-electron chi connectivity index (χ1n) is 8.00. The number of benzene rings is 2. The summed E-state index contributed by atoms with van der Waals surface area (Å²) in [7, 11) is 1.45. The molecule has 1 heterocycles. The number of aromatic nitrogens is 2. The van der Waals surface area contributed by atoms with Crippen LogP contribution in [0.1, 0.15) is 15.9 Å². The number of anilines is 1. The monoisotopic (exact) mass is 369 g/mol. The van der Waals surface area contributed by atoms with E-state index in [0.29, 0.717) is 11.3 Å². The molecule has 27 heavy (non-hydrogen) atoms. The summed E-state index contributed by atoms with van der Waals surface area (Å²) >= 11 is 0. The number of carbonyl (C=O) groups excluding carboxylic acids is 1. The molecule has 1 aromatic heterocycles. The molecule has 0 radical (unpaired) electrons. The van der Waals surface area contributed by atoms with E-state index in [1.807, 2.05) is 0 Å². The molecule has 0 spiro atoms. The Labute approximate surface area is 153 Å². The van der Waals surface area contributed by atoms with Gasteiger partial charge >= 0.3 is 0 Å². The van der Waals surface area contributed by atoms with Gasteiger partial charge in [0.05, 0.1) is 16.9 Å². The highest BCUT2D eigenvalue weighted by Gasteiger charge is 2.17. The van der Waals surface area contributed by atoms with Gasteiger partial charge in [-0.25, -0.2) is 9.37 Å². The molecule has 9 heteroatoms. The summed E-state index contributed by atoms with van der Waals surface area (Å²) in [5.74, 6) is -0.849. The molecule has 0 aliphatic carbocycles. The van der Waals surface area contributed by atoms with Crippen molar-refractivity contribution in [2.75, 3.05) is 12.4 Å². The molecule has 0 fully saturated rings. The molecule has 0 unspecified atom stereocenters. The van der Waals surface area contributed by atoms with Crippen molar-refractivity contribution < 1.29 is 14.1 Å². The summed E-state index contributed by atoms with van der Waals surface area (Å²) in [5, 5.41) is 16.6. The summed E-state index contributed by atoms with van der Waals surface area (Å²) in [5.41, 5.74) is 1.17. The maximum Gasteiger partial charge on any atom is 0.293 e. The van der Waals surface area contributed by atoms with Crippen LogP contribution in [0.15, 0.2) is 55.1 Å². The molecule has 3 rings (SSSR count). The number of nitro groups is 1. The summed E-state index contributed by atoms with van der Waals surface area (Å²) in [6, 6.07) is 8.82. The number of imidazole rings is 1. The second-order valence-electron chi connectivity index (χ2n) is 5.68. The Kier molecular flexibility index (Phi) is 5.11. The summed E-state index contributed by atoms with van der Waals surface area (Å²) in [6.45, 7) is 0.182. The summed E-state index contributed by atoms with van der Waals surface area (Å²) < 4.78 is 15.8. The van der Waals surface area contributed by atoms with E-state index in [0.717, 1.165) is 0 Å². The largest absolute Gasteiger partial charge is 0.375 e. The highest BCUT2D eigenvalue weighted by molar-refractivity contribution is 5.95. The van der Waals surface area contributed by atoms with E-state index in [9.17, 15) is 19.3 Å². The van der Waals surface area contributed by atoms with Crippen molar-refractivity contribution in [2.24, 2.45) is 0 Å². The van der Waals surface area contributed by atoms with Crippen LogP contribution in [0.25, 0.3) is 5.69 Å². The van der Waals surface area contributed by atoms with Gasteiger partial charge in [0.1, 0.15) is 11.5 Å². The lowest BCUT2D eigenvalue weighted by molar-refractivity contribution is -0.384. The summed E-state index contributed by atoms with van der Waals surface area (Å²) in [4.78, 5) is 26.2. The Morgan fingerprint density at radius 1 is 1.30 bits per heavy atom. The third kappa shape index (κ3) is 3.92. The smallest absolute Gasteiger partial charge is 0.293 e. The van der Waals surface area contributed by atoms with E-state index < -0.39 is 16.6 Å². The Hall–Kier alpha value is -3.75. The van der Waals surface area contributed by atoms with Crippen molar-refractivity contribution in [3.63, 3.8) is 0 Å². The minimum absolute atomic E-state index is 0.182. The molecule has 8 nitrogen and oxygen atoms in total. The van der Waals surface area contributed by atoms with E-state index >= 15 is 0 Å². The lowest BCUT2D eigenvalue weighted by Crippen LogP contribution is -2.18. The van der Waals surface area contributed by atoms with Crippen LogP contribution in [-0.4, -0.2) is 27.4 Å². The molecule has 1 amide bonds. The average molecular weight is 369 g/mol. The quantitative estimate of drug-likeness (QED) is 0.514. The highest BCUT2D eigenvalue weighted by Crippen LogP contribution is 2.26. The highest BCUT2D eigenvalue weighted by atomic mass is 19.1. The molecular formula is C18H16FN5O3. The molecule has 0 saturated heterocycles. The maximum atomic E-state index is 14.3. The third-order valence-corrected chi connectivity index (χ3v) is 3.96. The predicted octanol–water partition coefficient (Wildman–Crippen LogP) is 2.89. The first-order chi connectivity index (χ1) is 13.0. The van der Waals surface area contributed by atoms with Gasteiger partial charge in [0.15, 0.2) is 0 Å². The average Bonchev–Trinajstić information content (AvgIpc) is 3.20. The van der Waals surface area contributed by atoms with E-state index in [2.05, 4.69) is 15.6 Å². The van der Waals surface area contributed by atoms with E-state index in [1.54, 1.807) is 29.1 Å². The maximum absolute atomic E-state index is 14.3. The van der Waals surface area contributed by atoms with Crippen LogP contribution >= 0.6 is 0 Å². The van der Waals surface area contributed by atoms with Gasteiger partial charge in [0.2, 0.25) is 0 Å². The van der Waals surface area contributed by atoms with Crippen molar-refractivity contribution in [1.29, 1.82) is 0 Å². The molecule has 138 valence electrons. The van der Waals surface area contributed by atoms with Crippen molar-refractivity contribution in [3.8, 4) is 5.69 Å². The summed E-state index contributed by atoms with van der Waals surface area (Å²) in [6.07, 6.45) is 4.68. The van der Waals surface area contributed by atoms with Crippen LogP contribution < -0.4 is 10.6 Å². The third-order valence-electron chi connectivity index (χ3n) is 3.96. The minimum Gasteiger partial charge on any atom is -0.375 e. The second-order valence-corrected chi connectivity index (χ2v) is 5.68. The lowest BCUT2D eigenvalue weighted by atomic mass is 10.1. The Morgan fingerprint density at radius 2 is 2.11 bits per heavy atom. The number of nitrogens with one attached hydrogen (secondary N) is 2. The van der Waals surface area contributed by atoms with Crippen molar-refractivity contribution in [1.82, 2.24) is 14.9 Å². The van der Waals surface area contributed by atoms with E-state index in [-0.39, 0.29) is 23.5 Å². The zero-order chi connectivity index (χ0) is 19.4. The normalized spacial score (nSPS) is 10.4. The van der Waals surface area contributed by atoms with Crippen LogP contribution in [-0.2, 0) is 6.54 Å². The molecule has 0 atom stereocenters. The van der Waals surface area contributed by atoms with Crippen LogP contribution in [0.4, 0.5) is 15.8 Å². The van der Waals surface area contributed by atoms with Gasteiger partial charge in [-0.3, -0.25) is 14.9 Å². The zero-order valence-corrected chi connectivity index (χ0v) is 14.3. The van der Waals surface area contributed by atoms with Gasteiger partial charge in [-0.15, -0.1) is 0 Å². The first kappa shape index (κ1) is 18.1. The second kappa shape index (κ2) is 7.65. The molecule has 3 aromatic rings. The van der Waals surface area contributed by atoms with Crippen LogP contribution in [0.2, 0.25) is 0 Å². The standard InChI is InChI=1S/C18H16FN5O3/c1-20-18(25)13-3-4-15(17(9-13)24(26)27)22-10-12-2-5-16(14(19)8-12)23-7-6-21-11-23/h2-9,11,22H,10H2,1H3,(H,20,25). The zero-order valence-electron chi connectivity index (χ0n) is 14.3. The number of hydrogen-bond donors (Lipinski definition) is 2. The van der Waals surface area contributed by atoms with Crippen molar-refractivity contribution >= 4 is 17.3 Å². The SMILES string of the molecule is CNC(=O)c1ccc(NCc2ccc(-n3ccnc3)c(F)c2)c([N+](=O)[O-])c1. The van der Waals surface area contributed by atoms with Gasteiger partial charge < -0.3 is 15.2 Å². The fourth-order valence-corrected chi connectivity index (χ4v) is 2.59. The molecule has 2 N–H and O–H groups in total. The molecular weight excluding hydrogens is 353 g/mol. The van der Waals surface area contributed by atoms with Crippen molar-refractivity contribution in [2.45, 2.75) is 6.54 Å². The number of nitro benzene ring substituents is 1. The van der Waals surface area contributed by atoms with Gasteiger partial charge in [-0.05, 0) is 29.8 Å². The number of halogens is 1. The van der Waals surface area contributed by atoms with Gasteiger partial charge in [-0.2, -0.15) is 0 Å². The fraction of sp³-hybridized carbons (Fsp3) is 0.111. The van der Waals surface area contributed by atoms with E-state index in [4.69, 9.17) is 0 Å². The molecule has 0 bridgehead atoms. The van der Waals surface area contributed by atoms with Gasteiger partial charge in [0, 0.05) is 37.6 Å². The number of amides is 1. The molecule has 0 saturated carbocycles. The van der Waals surface area contributed by atoms with Crippen LogP contribution in [0.3, 0.4) is 0 Å². The van der Waals surface area contributed by atoms with Crippen LogP contribution in [0.5, 0.6) is 0 Å². The van der Waals surface area contributed by atoms with E-state index in [1.165, 1.54) is 37.6 Å². The lowest BCUT2D eigenvalue weighted by Gasteiger charge is -2.10. The molecule has 2 aromatic carbocycles. The fourth-order valence-electron chi connectivity index (χ4n) is 2.59. The minimum atomic E-state index is -0.572. The Balaban J connectivity index is 1.79. The molecule has 0 aliphatic heterocycles. The number of rotatable bonds is 6. The Morgan fingerprint density at radius 3 is 2.74 bits per heavy atom. The first-order valence-corrected chi connectivity index (χ1v) is 8.00. The number of nitrogens with zero attached hydrogens (tertiary/aromatic N) is 3. The van der Waals surface area contributed by atoms with Crippen LogP contribution in [0, 0.1) is 15.9 Å². The number of hydrogen-bond acceptors (Lipinski definition) is 5. The Bertz CT molecular complexity index is 989. The predicted molar refractivity (Wildman–Crippen MR) is 97.3 cm³/mol. The van der Waals surface area contributed by atoms with Gasteiger partial charge in [0.25, 0.3) is 11.6 Å². The van der Waals surface area contributed by atoms with Crippen molar-refractivity contribution in [3.05, 3.63) is 82.2 Å².